The number of alkyl carbamates (subject to hydrolysis) is 1. The molecule has 4 nitrogen and oxygen atoms in total. The molecule has 0 saturated carbocycles. The van der Waals surface area contributed by atoms with Crippen molar-refractivity contribution in [2.24, 2.45) is 0 Å². The van der Waals surface area contributed by atoms with E-state index in [1.165, 1.54) is 7.05 Å². The van der Waals surface area contributed by atoms with Crippen LogP contribution < -0.4 is 10.6 Å². The van der Waals surface area contributed by atoms with Gasteiger partial charge in [-0.25, -0.2) is 4.79 Å². The topological polar surface area (TPSA) is 50.4 Å². The Morgan fingerprint density at radius 2 is 1.59 bits per heavy atom. The Hall–Kier alpha value is -1.19. The number of hydrogen-bond donors (Lipinski definition) is 2. The summed E-state index contributed by atoms with van der Waals surface area (Å²) in [6.45, 7) is 0.0234. The van der Waals surface area contributed by atoms with Crippen LogP contribution in [-0.4, -0.2) is 44.7 Å². The number of nitrogens with one attached hydrogen (secondary N) is 2. The van der Waals surface area contributed by atoms with E-state index in [-0.39, 0.29) is 13.1 Å². The van der Waals surface area contributed by atoms with E-state index >= 15 is 0 Å². The molecule has 102 valence electrons. The van der Waals surface area contributed by atoms with Crippen LogP contribution in [0.1, 0.15) is 0 Å². The molecule has 0 unspecified atom stereocenters. The van der Waals surface area contributed by atoms with Crippen LogP contribution in [0.15, 0.2) is 0 Å². The van der Waals surface area contributed by atoms with E-state index in [0.29, 0.717) is 0 Å². The van der Waals surface area contributed by atoms with E-state index in [1.54, 1.807) is 5.32 Å². The summed E-state index contributed by atoms with van der Waals surface area (Å²) in [5, 5.41) is 4.26. The molecule has 0 radical (unpaired) electrons. The van der Waals surface area contributed by atoms with Crippen LogP contribution >= 0.6 is 0 Å². The van der Waals surface area contributed by atoms with Gasteiger partial charge in [-0.3, -0.25) is 0 Å². The van der Waals surface area contributed by atoms with Gasteiger partial charge in [-0.05, 0) is 7.05 Å². The van der Waals surface area contributed by atoms with Crippen LogP contribution in [0.3, 0.4) is 0 Å². The monoisotopic (exact) mass is 268 g/mol. The molecule has 0 bridgehead atoms. The molecule has 0 aromatic heterocycles. The van der Waals surface area contributed by atoms with Gasteiger partial charge in [-0.1, -0.05) is 0 Å². The van der Waals surface area contributed by atoms with E-state index in [2.05, 4.69) is 10.1 Å². The van der Waals surface area contributed by atoms with Crippen molar-refractivity contribution in [1.29, 1.82) is 0 Å². The lowest BCUT2D eigenvalue weighted by Crippen LogP contribution is -2.47. The SMILES string of the molecule is CNCCNC(=O)OC(C(F)(F)F)C(F)(F)F. The molecule has 0 rings (SSSR count). The minimum absolute atomic E-state index is 0.155. The number of carbonyl (C=O) groups is 1. The second kappa shape index (κ2) is 5.94. The van der Waals surface area contributed by atoms with Gasteiger partial charge >= 0.3 is 18.4 Å². The molecule has 0 fully saturated rings. The van der Waals surface area contributed by atoms with Crippen molar-refractivity contribution in [3.63, 3.8) is 0 Å². The Morgan fingerprint density at radius 3 is 1.94 bits per heavy atom. The summed E-state index contributed by atoms with van der Waals surface area (Å²) in [6.07, 6.45) is -17.3. The Balaban J connectivity index is 4.41. The Labute approximate surface area is 92.3 Å². The van der Waals surface area contributed by atoms with Gasteiger partial charge in [0, 0.05) is 13.1 Å². The van der Waals surface area contributed by atoms with Crippen LogP contribution in [0.4, 0.5) is 31.1 Å². The average Bonchev–Trinajstić information content (AvgIpc) is 2.11. The second-order valence-corrected chi connectivity index (χ2v) is 2.90. The molecule has 0 atom stereocenters. The number of carbonyl (C=O) groups excluding carboxylic acids is 1. The van der Waals surface area contributed by atoms with Crippen molar-refractivity contribution in [2.45, 2.75) is 18.5 Å². The summed E-state index contributed by atoms with van der Waals surface area (Å²) < 4.78 is 74.9. The van der Waals surface area contributed by atoms with Gasteiger partial charge in [0.25, 0.3) is 6.10 Å². The predicted molar refractivity (Wildman–Crippen MR) is 44.3 cm³/mol. The van der Waals surface area contributed by atoms with E-state index in [0.717, 1.165) is 0 Å². The minimum atomic E-state index is -5.70. The lowest BCUT2D eigenvalue weighted by Gasteiger charge is -2.22. The highest BCUT2D eigenvalue weighted by Crippen LogP contribution is 2.35. The van der Waals surface area contributed by atoms with E-state index in [1.807, 2.05) is 0 Å². The van der Waals surface area contributed by atoms with Crippen LogP contribution in [-0.2, 0) is 4.74 Å². The van der Waals surface area contributed by atoms with Crippen LogP contribution in [0.5, 0.6) is 0 Å². The zero-order chi connectivity index (χ0) is 13.7. The van der Waals surface area contributed by atoms with Gasteiger partial charge in [0.2, 0.25) is 0 Å². The lowest BCUT2D eigenvalue weighted by atomic mass is 10.3. The van der Waals surface area contributed by atoms with Crippen molar-refractivity contribution < 1.29 is 35.9 Å². The maximum atomic E-state index is 11.9. The third-order valence-electron chi connectivity index (χ3n) is 1.46. The molecular formula is C7H10F6N2O2. The highest BCUT2D eigenvalue weighted by molar-refractivity contribution is 5.67. The zero-order valence-corrected chi connectivity index (χ0v) is 8.58. The van der Waals surface area contributed by atoms with Crippen LogP contribution in [0.25, 0.3) is 0 Å². The molecule has 0 heterocycles. The van der Waals surface area contributed by atoms with Gasteiger partial charge in [-0.2, -0.15) is 26.3 Å². The zero-order valence-electron chi connectivity index (χ0n) is 8.58. The highest BCUT2D eigenvalue weighted by atomic mass is 19.4. The molecule has 0 aromatic rings. The summed E-state index contributed by atoms with van der Waals surface area (Å²) in [7, 11) is 1.49. The molecular weight excluding hydrogens is 258 g/mol. The summed E-state index contributed by atoms with van der Waals surface area (Å²) >= 11 is 0. The molecule has 0 saturated heterocycles. The Morgan fingerprint density at radius 1 is 1.12 bits per heavy atom. The molecule has 17 heavy (non-hydrogen) atoms. The molecule has 0 aliphatic rings. The maximum Gasteiger partial charge on any atom is 0.434 e. The van der Waals surface area contributed by atoms with Crippen molar-refractivity contribution >= 4 is 6.09 Å². The minimum Gasteiger partial charge on any atom is -0.427 e. The number of alkyl halides is 6. The first kappa shape index (κ1) is 15.8. The fourth-order valence-electron chi connectivity index (χ4n) is 0.757. The fourth-order valence-corrected chi connectivity index (χ4v) is 0.757. The molecule has 2 N–H and O–H groups in total. The first-order valence-electron chi connectivity index (χ1n) is 4.31. The summed E-state index contributed by atoms with van der Waals surface area (Å²) in [6, 6.07) is 0. The van der Waals surface area contributed by atoms with Gasteiger partial charge in [-0.15, -0.1) is 0 Å². The first-order valence-corrected chi connectivity index (χ1v) is 4.31. The average molecular weight is 268 g/mol. The maximum absolute atomic E-state index is 11.9. The number of amides is 1. The molecule has 0 spiro atoms. The van der Waals surface area contributed by atoms with E-state index in [4.69, 9.17) is 0 Å². The van der Waals surface area contributed by atoms with Crippen LogP contribution in [0, 0.1) is 0 Å². The highest BCUT2D eigenvalue weighted by Gasteiger charge is 2.59. The van der Waals surface area contributed by atoms with Gasteiger partial charge in [0.15, 0.2) is 0 Å². The molecule has 0 aliphatic heterocycles. The van der Waals surface area contributed by atoms with E-state index in [9.17, 15) is 31.1 Å². The molecule has 0 aliphatic carbocycles. The van der Waals surface area contributed by atoms with Crippen molar-refractivity contribution in [2.75, 3.05) is 20.1 Å². The quantitative estimate of drug-likeness (QED) is 0.599. The van der Waals surface area contributed by atoms with E-state index < -0.39 is 24.5 Å². The van der Waals surface area contributed by atoms with Gasteiger partial charge in [0.1, 0.15) is 0 Å². The second-order valence-electron chi connectivity index (χ2n) is 2.90. The third-order valence-corrected chi connectivity index (χ3v) is 1.46. The predicted octanol–water partition coefficient (Wildman–Crippen LogP) is 1.43. The first-order chi connectivity index (χ1) is 7.59. The summed E-state index contributed by atoms with van der Waals surface area (Å²) in [5.74, 6) is 0. The fraction of sp³-hybridized carbons (Fsp3) is 0.857. The largest absolute Gasteiger partial charge is 0.434 e. The Bertz CT molecular complexity index is 238. The molecule has 0 aromatic carbocycles. The standard InChI is InChI=1S/C7H10F6N2O2/c1-14-2-3-15-5(16)17-4(6(8,9)10)7(11,12)13/h4,14H,2-3H2,1H3,(H,15,16). The molecule has 10 heteroatoms. The molecule has 1 amide bonds. The number of likely N-dealkylation sites (N-methyl/N-ethyl adjacent to an activating group) is 1. The third kappa shape index (κ3) is 6.19. The number of ether oxygens (including phenoxy) is 1. The van der Waals surface area contributed by atoms with Crippen molar-refractivity contribution in [3.05, 3.63) is 0 Å². The smallest absolute Gasteiger partial charge is 0.427 e. The van der Waals surface area contributed by atoms with Gasteiger partial charge in [0.05, 0.1) is 0 Å². The van der Waals surface area contributed by atoms with Crippen LogP contribution in [0.2, 0.25) is 0 Å². The number of hydrogen-bond acceptors (Lipinski definition) is 3. The summed E-state index contributed by atoms with van der Waals surface area (Å²) in [4.78, 5) is 10.7. The summed E-state index contributed by atoms with van der Waals surface area (Å²) in [5.41, 5.74) is 0. The Kier molecular flexibility index (Phi) is 5.52. The van der Waals surface area contributed by atoms with Crippen molar-refractivity contribution in [3.8, 4) is 0 Å². The van der Waals surface area contributed by atoms with Crippen molar-refractivity contribution in [1.82, 2.24) is 10.6 Å². The normalized spacial score (nSPS) is 12.7. The van der Waals surface area contributed by atoms with Gasteiger partial charge < -0.3 is 15.4 Å². The lowest BCUT2D eigenvalue weighted by molar-refractivity contribution is -0.306. The number of halogens is 6. The number of rotatable bonds is 4.